The van der Waals surface area contributed by atoms with Crippen LogP contribution in [0.15, 0.2) is 23.7 Å². The van der Waals surface area contributed by atoms with Gasteiger partial charge in [0, 0.05) is 11.6 Å². The lowest BCUT2D eigenvalue weighted by molar-refractivity contribution is 0.0988. The number of hydrogen-bond donors (Lipinski definition) is 1. The maximum atomic E-state index is 11.9. The highest BCUT2D eigenvalue weighted by molar-refractivity contribution is 7.09. The monoisotopic (exact) mass is 233 g/mol. The highest BCUT2D eigenvalue weighted by Gasteiger charge is 2.12. The molecule has 2 rings (SSSR count). The van der Waals surface area contributed by atoms with Crippen LogP contribution in [0.3, 0.4) is 0 Å². The Hall–Kier alpha value is -1.75. The number of nitrogens with zero attached hydrogens (tertiary/aromatic N) is 2. The highest BCUT2D eigenvalue weighted by Crippen LogP contribution is 2.13. The maximum Gasteiger partial charge on any atom is 0.189 e. The first-order chi connectivity index (χ1) is 7.66. The lowest BCUT2D eigenvalue weighted by Crippen LogP contribution is -2.09. The number of thiazole rings is 1. The van der Waals surface area contributed by atoms with Gasteiger partial charge in [-0.3, -0.25) is 9.78 Å². The molecule has 0 spiro atoms. The molecular formula is C11H11N3OS. The molecule has 0 bridgehead atoms. The minimum absolute atomic E-state index is 0.0941. The Morgan fingerprint density at radius 3 is 3.00 bits per heavy atom. The number of carbonyl (C=O) groups excluding carboxylic acids is 1. The molecule has 0 saturated heterocycles. The standard InChI is InChI=1S/C11H11N3OS/c1-7-14-8(6-16-7)5-10(15)11-9(12)3-2-4-13-11/h2-4,6H,5,12H2,1H3. The maximum absolute atomic E-state index is 11.9. The predicted molar refractivity (Wildman–Crippen MR) is 63.5 cm³/mol. The lowest BCUT2D eigenvalue weighted by Gasteiger charge is -2.01. The van der Waals surface area contributed by atoms with Gasteiger partial charge in [0.2, 0.25) is 0 Å². The first kappa shape index (κ1) is 10.8. The average Bonchev–Trinajstić information content (AvgIpc) is 2.64. The Morgan fingerprint density at radius 1 is 1.56 bits per heavy atom. The van der Waals surface area contributed by atoms with E-state index in [2.05, 4.69) is 9.97 Å². The van der Waals surface area contributed by atoms with E-state index in [0.29, 0.717) is 11.4 Å². The van der Waals surface area contributed by atoms with Crippen LogP contribution in [0, 0.1) is 6.92 Å². The van der Waals surface area contributed by atoms with Crippen molar-refractivity contribution in [3.05, 3.63) is 40.1 Å². The van der Waals surface area contributed by atoms with Gasteiger partial charge >= 0.3 is 0 Å². The molecule has 4 nitrogen and oxygen atoms in total. The first-order valence-corrected chi connectivity index (χ1v) is 5.69. The molecule has 0 aromatic carbocycles. The van der Waals surface area contributed by atoms with Crippen molar-refractivity contribution in [1.82, 2.24) is 9.97 Å². The summed E-state index contributed by atoms with van der Waals surface area (Å²) in [6, 6.07) is 3.38. The van der Waals surface area contributed by atoms with Crippen molar-refractivity contribution in [3.8, 4) is 0 Å². The molecule has 5 heteroatoms. The van der Waals surface area contributed by atoms with Crippen LogP contribution in [0.25, 0.3) is 0 Å². The van der Waals surface area contributed by atoms with Gasteiger partial charge in [0.05, 0.1) is 22.8 Å². The van der Waals surface area contributed by atoms with Crippen molar-refractivity contribution >= 4 is 22.8 Å². The number of ketones is 1. The number of nitrogen functional groups attached to an aromatic ring is 1. The number of Topliss-reactive ketones (excluding diaryl/α,β-unsaturated/α-hetero) is 1. The van der Waals surface area contributed by atoms with E-state index in [9.17, 15) is 4.79 Å². The predicted octanol–water partition coefficient (Wildman–Crippen LogP) is 1.85. The summed E-state index contributed by atoms with van der Waals surface area (Å²) < 4.78 is 0. The Labute approximate surface area is 97.2 Å². The van der Waals surface area contributed by atoms with Crippen molar-refractivity contribution < 1.29 is 4.79 Å². The van der Waals surface area contributed by atoms with Gasteiger partial charge in [0.1, 0.15) is 5.69 Å². The third-order valence-corrected chi connectivity index (χ3v) is 2.93. The molecule has 0 atom stereocenters. The molecule has 0 aliphatic heterocycles. The zero-order valence-corrected chi connectivity index (χ0v) is 9.62. The van der Waals surface area contributed by atoms with E-state index in [1.54, 1.807) is 18.3 Å². The van der Waals surface area contributed by atoms with Gasteiger partial charge < -0.3 is 5.73 Å². The van der Waals surface area contributed by atoms with E-state index in [4.69, 9.17) is 5.73 Å². The first-order valence-electron chi connectivity index (χ1n) is 4.81. The molecule has 0 aliphatic carbocycles. The van der Waals surface area contributed by atoms with Gasteiger partial charge in [0.25, 0.3) is 0 Å². The quantitative estimate of drug-likeness (QED) is 0.821. The van der Waals surface area contributed by atoms with Gasteiger partial charge in [-0.15, -0.1) is 11.3 Å². The van der Waals surface area contributed by atoms with Gasteiger partial charge in [-0.2, -0.15) is 0 Å². The molecule has 0 aliphatic rings. The normalized spacial score (nSPS) is 10.3. The average molecular weight is 233 g/mol. The van der Waals surface area contributed by atoms with Gasteiger partial charge in [-0.25, -0.2) is 4.98 Å². The SMILES string of the molecule is Cc1nc(CC(=O)c2ncccc2N)cs1. The molecule has 0 saturated carbocycles. The summed E-state index contributed by atoms with van der Waals surface area (Å²) in [5.74, 6) is -0.0941. The third-order valence-electron chi connectivity index (χ3n) is 2.11. The molecule has 82 valence electrons. The second-order valence-corrected chi connectivity index (χ2v) is 4.46. The van der Waals surface area contributed by atoms with E-state index in [1.807, 2.05) is 12.3 Å². The summed E-state index contributed by atoms with van der Waals surface area (Å²) in [4.78, 5) is 20.1. The summed E-state index contributed by atoms with van der Waals surface area (Å²) in [6.45, 7) is 1.91. The van der Waals surface area contributed by atoms with E-state index in [1.165, 1.54) is 11.3 Å². The van der Waals surface area contributed by atoms with Crippen LogP contribution in [0.5, 0.6) is 0 Å². The van der Waals surface area contributed by atoms with Crippen molar-refractivity contribution in [2.24, 2.45) is 0 Å². The number of rotatable bonds is 3. The number of hydrogen-bond acceptors (Lipinski definition) is 5. The van der Waals surface area contributed by atoms with E-state index in [-0.39, 0.29) is 12.2 Å². The van der Waals surface area contributed by atoms with Crippen molar-refractivity contribution in [3.63, 3.8) is 0 Å². The molecule has 16 heavy (non-hydrogen) atoms. The molecule has 0 amide bonds. The molecule has 2 aromatic rings. The minimum Gasteiger partial charge on any atom is -0.397 e. The number of carbonyl (C=O) groups is 1. The van der Waals surface area contributed by atoms with Crippen molar-refractivity contribution in [2.75, 3.05) is 5.73 Å². The Balaban J connectivity index is 2.18. The number of anilines is 1. The summed E-state index contributed by atoms with van der Waals surface area (Å²) in [6.07, 6.45) is 1.82. The number of pyridine rings is 1. The number of aryl methyl sites for hydroxylation is 1. The van der Waals surface area contributed by atoms with Gasteiger partial charge in [0.15, 0.2) is 5.78 Å². The Kier molecular flexibility index (Phi) is 2.96. The smallest absolute Gasteiger partial charge is 0.189 e. The molecule has 2 heterocycles. The Morgan fingerprint density at radius 2 is 2.38 bits per heavy atom. The van der Waals surface area contributed by atoms with Crippen LogP contribution in [-0.2, 0) is 6.42 Å². The van der Waals surface area contributed by atoms with E-state index in [0.717, 1.165) is 10.7 Å². The third kappa shape index (κ3) is 2.25. The van der Waals surface area contributed by atoms with Crippen LogP contribution in [0.2, 0.25) is 0 Å². The fourth-order valence-electron chi connectivity index (χ4n) is 1.39. The second-order valence-electron chi connectivity index (χ2n) is 3.40. The van der Waals surface area contributed by atoms with Gasteiger partial charge in [-0.05, 0) is 19.1 Å². The number of aromatic nitrogens is 2. The van der Waals surface area contributed by atoms with E-state index >= 15 is 0 Å². The van der Waals surface area contributed by atoms with Crippen molar-refractivity contribution in [1.29, 1.82) is 0 Å². The number of nitrogens with two attached hydrogens (primary N) is 1. The zero-order valence-electron chi connectivity index (χ0n) is 8.80. The summed E-state index contributed by atoms with van der Waals surface area (Å²) in [5.41, 5.74) is 7.20. The zero-order chi connectivity index (χ0) is 11.5. The molecule has 0 radical (unpaired) electrons. The molecule has 2 N–H and O–H groups in total. The largest absolute Gasteiger partial charge is 0.397 e. The fraction of sp³-hybridized carbons (Fsp3) is 0.182. The van der Waals surface area contributed by atoms with Crippen LogP contribution in [0.4, 0.5) is 5.69 Å². The van der Waals surface area contributed by atoms with Crippen LogP contribution < -0.4 is 5.73 Å². The molecule has 2 aromatic heterocycles. The summed E-state index contributed by atoms with van der Waals surface area (Å²) in [5, 5.41) is 2.84. The van der Waals surface area contributed by atoms with Crippen molar-refractivity contribution in [2.45, 2.75) is 13.3 Å². The van der Waals surface area contributed by atoms with Crippen LogP contribution >= 0.6 is 11.3 Å². The highest BCUT2D eigenvalue weighted by atomic mass is 32.1. The van der Waals surface area contributed by atoms with Crippen LogP contribution in [-0.4, -0.2) is 15.8 Å². The lowest BCUT2D eigenvalue weighted by atomic mass is 10.1. The molecule has 0 fully saturated rings. The van der Waals surface area contributed by atoms with Crippen LogP contribution in [0.1, 0.15) is 21.2 Å². The van der Waals surface area contributed by atoms with Gasteiger partial charge in [-0.1, -0.05) is 0 Å². The second kappa shape index (κ2) is 4.40. The fourth-order valence-corrected chi connectivity index (χ4v) is 2.00. The minimum atomic E-state index is -0.0941. The molecular weight excluding hydrogens is 222 g/mol. The summed E-state index contributed by atoms with van der Waals surface area (Å²) in [7, 11) is 0. The summed E-state index contributed by atoms with van der Waals surface area (Å²) >= 11 is 1.53. The van der Waals surface area contributed by atoms with E-state index < -0.39 is 0 Å². The molecule has 0 unspecified atom stereocenters. The Bertz CT molecular complexity index is 521. The topological polar surface area (TPSA) is 68.9 Å².